The number of fused-ring (bicyclic) bond motifs is 1. The van der Waals surface area contributed by atoms with Crippen molar-refractivity contribution < 1.29 is 13.9 Å². The first-order chi connectivity index (χ1) is 13.0. The lowest BCUT2D eigenvalue weighted by Crippen LogP contribution is -2.08. The third-order valence-corrected chi connectivity index (χ3v) is 5.04. The van der Waals surface area contributed by atoms with Crippen LogP contribution in [0.2, 0.25) is 0 Å². The predicted octanol–water partition coefficient (Wildman–Crippen LogP) is 5.90. The fourth-order valence-corrected chi connectivity index (χ4v) is 3.30. The van der Waals surface area contributed by atoms with Gasteiger partial charge in [0, 0.05) is 33.7 Å². The van der Waals surface area contributed by atoms with Gasteiger partial charge < -0.3 is 14.5 Å². The van der Waals surface area contributed by atoms with Gasteiger partial charge in [0.15, 0.2) is 0 Å². The van der Waals surface area contributed by atoms with E-state index >= 15 is 0 Å². The van der Waals surface area contributed by atoms with Gasteiger partial charge in [0.05, 0.1) is 12.9 Å². The maximum Gasteiger partial charge on any atom is 0.248 e. The average molecular weight is 381 g/mol. The Morgan fingerprint density at radius 1 is 1.26 bits per heavy atom. The molecule has 0 saturated heterocycles. The van der Waals surface area contributed by atoms with Gasteiger partial charge >= 0.3 is 0 Å². The Hall–Kier alpha value is -2.66. The molecular weight excluding hydrogens is 358 g/mol. The van der Waals surface area contributed by atoms with Gasteiger partial charge in [-0.15, -0.1) is 11.8 Å². The molecule has 1 amide bonds. The fraction of sp³-hybridized carbons (Fsp3) is 0.227. The lowest BCUT2D eigenvalue weighted by Gasteiger charge is -2.11. The highest BCUT2D eigenvalue weighted by Crippen LogP contribution is 2.33. The summed E-state index contributed by atoms with van der Waals surface area (Å²) in [7, 11) is 0. The van der Waals surface area contributed by atoms with E-state index in [9.17, 15) is 4.79 Å². The Bertz CT molecular complexity index is 987. The molecule has 0 spiro atoms. The normalized spacial score (nSPS) is 11.6. The van der Waals surface area contributed by atoms with Crippen LogP contribution in [0, 0.1) is 6.92 Å². The molecule has 0 aliphatic heterocycles. The summed E-state index contributed by atoms with van der Waals surface area (Å²) in [5, 5.41) is 3.93. The van der Waals surface area contributed by atoms with Crippen LogP contribution in [0.4, 0.5) is 5.69 Å². The van der Waals surface area contributed by atoms with Crippen LogP contribution in [0.15, 0.2) is 58.1 Å². The van der Waals surface area contributed by atoms with Crippen LogP contribution < -0.4 is 10.1 Å². The van der Waals surface area contributed by atoms with Crippen LogP contribution in [0.25, 0.3) is 16.5 Å². The van der Waals surface area contributed by atoms with E-state index in [-0.39, 0.29) is 5.91 Å². The molecule has 0 atom stereocenters. The number of nitrogens with one attached hydrogen (secondary N) is 1. The van der Waals surface area contributed by atoms with E-state index in [4.69, 9.17) is 9.15 Å². The molecule has 3 aromatic rings. The van der Waals surface area contributed by atoms with Crippen molar-refractivity contribution in [3.63, 3.8) is 0 Å². The number of hydrogen-bond acceptors (Lipinski definition) is 4. The largest absolute Gasteiger partial charge is 0.493 e. The van der Waals surface area contributed by atoms with Gasteiger partial charge in [0.25, 0.3) is 0 Å². The molecule has 0 bridgehead atoms. The summed E-state index contributed by atoms with van der Waals surface area (Å²) < 4.78 is 11.3. The van der Waals surface area contributed by atoms with E-state index in [1.807, 2.05) is 63.4 Å². The van der Waals surface area contributed by atoms with E-state index in [1.54, 1.807) is 24.1 Å². The van der Waals surface area contributed by atoms with Crippen molar-refractivity contribution in [2.45, 2.75) is 25.7 Å². The topological polar surface area (TPSA) is 51.5 Å². The van der Waals surface area contributed by atoms with Gasteiger partial charge in [0.2, 0.25) is 5.91 Å². The van der Waals surface area contributed by atoms with Crippen molar-refractivity contribution in [3.8, 4) is 5.75 Å². The third kappa shape index (κ3) is 4.37. The van der Waals surface area contributed by atoms with Crippen LogP contribution in [-0.4, -0.2) is 18.8 Å². The summed E-state index contributed by atoms with van der Waals surface area (Å²) in [6.07, 6.45) is 5.35. The van der Waals surface area contributed by atoms with Gasteiger partial charge in [-0.3, -0.25) is 4.79 Å². The van der Waals surface area contributed by atoms with E-state index in [2.05, 4.69) is 5.32 Å². The zero-order valence-corrected chi connectivity index (χ0v) is 16.8. The van der Waals surface area contributed by atoms with Crippen molar-refractivity contribution in [2.24, 2.45) is 0 Å². The van der Waals surface area contributed by atoms with Gasteiger partial charge in [-0.05, 0) is 68.5 Å². The summed E-state index contributed by atoms with van der Waals surface area (Å²) in [6, 6.07) is 11.7. The molecule has 4 nitrogen and oxygen atoms in total. The van der Waals surface area contributed by atoms with Gasteiger partial charge in [0.1, 0.15) is 11.3 Å². The Labute approximate surface area is 163 Å². The summed E-state index contributed by atoms with van der Waals surface area (Å²) >= 11 is 1.67. The van der Waals surface area contributed by atoms with Crippen molar-refractivity contribution in [1.29, 1.82) is 0 Å². The summed E-state index contributed by atoms with van der Waals surface area (Å²) in [5.41, 5.74) is 4.33. The molecule has 0 aliphatic rings. The Kier molecular flexibility index (Phi) is 5.91. The molecule has 1 heterocycles. The van der Waals surface area contributed by atoms with Crippen molar-refractivity contribution in [2.75, 3.05) is 18.2 Å². The zero-order valence-electron chi connectivity index (χ0n) is 16.0. The molecule has 3 rings (SSSR count). The maximum atomic E-state index is 12.4. The van der Waals surface area contributed by atoms with Crippen LogP contribution in [0.5, 0.6) is 5.75 Å². The third-order valence-electron chi connectivity index (χ3n) is 4.30. The second-order valence-corrected chi connectivity index (χ2v) is 7.12. The summed E-state index contributed by atoms with van der Waals surface area (Å²) in [6.45, 7) is 6.39. The first-order valence-electron chi connectivity index (χ1n) is 8.80. The minimum absolute atomic E-state index is 0.170. The first kappa shape index (κ1) is 19.1. The standard InChI is InChI=1S/C22H23NO3S/c1-5-25-20-12-21-19(15(3)13-26-21)11-18(20)14(2)10-22(24)23-16-6-8-17(27-4)9-7-16/h6-13H,5H2,1-4H3,(H,23,24)/b14-10+. The number of benzene rings is 2. The number of carbonyl (C=O) groups excluding carboxylic acids is 1. The average Bonchev–Trinajstić information content (AvgIpc) is 3.02. The Morgan fingerprint density at radius 2 is 2.00 bits per heavy atom. The molecule has 140 valence electrons. The zero-order chi connectivity index (χ0) is 19.4. The highest BCUT2D eigenvalue weighted by atomic mass is 32.2. The number of thioether (sulfide) groups is 1. The lowest BCUT2D eigenvalue weighted by atomic mass is 10.0. The van der Waals surface area contributed by atoms with E-state index in [0.29, 0.717) is 12.4 Å². The van der Waals surface area contributed by atoms with Gasteiger partial charge in [-0.25, -0.2) is 0 Å². The van der Waals surface area contributed by atoms with E-state index in [1.165, 1.54) is 0 Å². The minimum atomic E-state index is -0.170. The lowest BCUT2D eigenvalue weighted by molar-refractivity contribution is -0.111. The predicted molar refractivity (Wildman–Crippen MR) is 113 cm³/mol. The number of anilines is 1. The van der Waals surface area contributed by atoms with Crippen LogP contribution in [-0.2, 0) is 4.79 Å². The quantitative estimate of drug-likeness (QED) is 0.426. The molecule has 1 N–H and O–H groups in total. The molecule has 2 aromatic carbocycles. The van der Waals surface area contributed by atoms with Crippen molar-refractivity contribution >= 4 is 39.9 Å². The van der Waals surface area contributed by atoms with E-state index in [0.717, 1.165) is 38.3 Å². The SMILES string of the molecule is CCOc1cc2occ(C)c2cc1/C(C)=C/C(=O)Nc1ccc(SC)cc1. The molecule has 0 fully saturated rings. The minimum Gasteiger partial charge on any atom is -0.493 e. The number of aryl methyl sites for hydroxylation is 1. The Balaban J connectivity index is 1.88. The second kappa shape index (κ2) is 8.35. The number of allylic oxidation sites excluding steroid dienone is 1. The maximum absolute atomic E-state index is 12.4. The monoisotopic (exact) mass is 381 g/mol. The van der Waals surface area contributed by atoms with Crippen LogP contribution in [0.1, 0.15) is 25.0 Å². The first-order valence-corrected chi connectivity index (χ1v) is 10.0. The fourth-order valence-electron chi connectivity index (χ4n) is 2.89. The smallest absolute Gasteiger partial charge is 0.248 e. The van der Waals surface area contributed by atoms with Crippen LogP contribution in [0.3, 0.4) is 0 Å². The molecule has 0 radical (unpaired) electrons. The number of ether oxygens (including phenoxy) is 1. The highest BCUT2D eigenvalue weighted by Gasteiger charge is 2.13. The molecular formula is C22H23NO3S. The van der Waals surface area contributed by atoms with Crippen molar-refractivity contribution in [3.05, 3.63) is 59.9 Å². The Morgan fingerprint density at radius 3 is 2.67 bits per heavy atom. The molecule has 0 unspecified atom stereocenters. The molecule has 27 heavy (non-hydrogen) atoms. The molecule has 1 aromatic heterocycles. The van der Waals surface area contributed by atoms with Crippen LogP contribution >= 0.6 is 11.8 Å². The van der Waals surface area contributed by atoms with Gasteiger partial charge in [-0.1, -0.05) is 0 Å². The highest BCUT2D eigenvalue weighted by molar-refractivity contribution is 7.98. The number of amides is 1. The number of rotatable bonds is 6. The number of carbonyl (C=O) groups is 1. The van der Waals surface area contributed by atoms with Crippen molar-refractivity contribution in [1.82, 2.24) is 0 Å². The summed E-state index contributed by atoms with van der Waals surface area (Å²) in [5.74, 6) is 0.543. The van der Waals surface area contributed by atoms with Gasteiger partial charge in [-0.2, -0.15) is 0 Å². The number of hydrogen-bond donors (Lipinski definition) is 1. The van der Waals surface area contributed by atoms with E-state index < -0.39 is 0 Å². The second-order valence-electron chi connectivity index (χ2n) is 6.24. The molecule has 0 saturated carbocycles. The molecule has 0 aliphatic carbocycles. The molecule has 5 heteroatoms. The number of furan rings is 1. The summed E-state index contributed by atoms with van der Waals surface area (Å²) in [4.78, 5) is 13.6.